The van der Waals surface area contributed by atoms with Gasteiger partial charge in [0.1, 0.15) is 5.25 Å². The van der Waals surface area contributed by atoms with Gasteiger partial charge < -0.3 is 9.64 Å². The number of nitrogens with zero attached hydrogens (tertiary/aromatic N) is 1. The van der Waals surface area contributed by atoms with Crippen LogP contribution in [0.5, 0.6) is 0 Å². The Morgan fingerprint density at radius 2 is 2.10 bits per heavy atom. The Balaban J connectivity index is 2.37. The third-order valence-electron chi connectivity index (χ3n) is 3.10. The summed E-state index contributed by atoms with van der Waals surface area (Å²) < 4.78 is 39.3. The first-order valence-corrected chi connectivity index (χ1v) is 7.67. The summed E-state index contributed by atoms with van der Waals surface area (Å²) in [5.41, 5.74) is 0.332. The van der Waals surface area contributed by atoms with Crippen molar-refractivity contribution in [3.63, 3.8) is 0 Å². The second-order valence-electron chi connectivity index (χ2n) is 4.50. The molecule has 1 amide bonds. The normalized spacial score (nSPS) is 18.9. The van der Waals surface area contributed by atoms with Crippen LogP contribution in [0.3, 0.4) is 0 Å². The fourth-order valence-corrected chi connectivity index (χ4v) is 2.98. The summed E-state index contributed by atoms with van der Waals surface area (Å²) >= 11 is 5.87. The third kappa shape index (κ3) is 3.33. The molecule has 0 radical (unpaired) electrons. The number of carbonyl (C=O) groups is 2. The van der Waals surface area contributed by atoms with Gasteiger partial charge in [0, 0.05) is 23.7 Å². The molecule has 1 aromatic carbocycles. The van der Waals surface area contributed by atoms with Gasteiger partial charge in [0.25, 0.3) is 0 Å². The number of hydrogen-bond donors (Lipinski definition) is 0. The molecule has 2 rings (SSSR count). The molecular weight excluding hydrogens is 325 g/mol. The summed E-state index contributed by atoms with van der Waals surface area (Å²) in [6.07, 6.45) is -0.446. The maximum Gasteiger partial charge on any atom is 0.337 e. The maximum absolute atomic E-state index is 13.0. The molecule has 1 aromatic rings. The standard InChI is InChI=1S/C12H11ClFNO5S/c1-20-12(17)7-2-8(13)4-9(3-7)15-6-10(5-11(15)16)21(14,18)19/h2-4,10H,5-6H2,1H3. The lowest BCUT2D eigenvalue weighted by Crippen LogP contribution is -2.27. The molecule has 0 aromatic heterocycles. The van der Waals surface area contributed by atoms with E-state index >= 15 is 0 Å². The Hall–Kier alpha value is -1.67. The van der Waals surface area contributed by atoms with Gasteiger partial charge >= 0.3 is 16.2 Å². The number of benzene rings is 1. The number of halogens is 2. The van der Waals surface area contributed by atoms with Crippen LogP contribution in [0.2, 0.25) is 5.02 Å². The van der Waals surface area contributed by atoms with Gasteiger partial charge in [-0.15, -0.1) is 3.89 Å². The van der Waals surface area contributed by atoms with E-state index in [9.17, 15) is 21.9 Å². The topological polar surface area (TPSA) is 80.8 Å². The molecule has 1 heterocycles. The van der Waals surface area contributed by atoms with Crippen LogP contribution in [0.25, 0.3) is 0 Å². The molecule has 114 valence electrons. The number of hydrogen-bond acceptors (Lipinski definition) is 5. The number of anilines is 1. The molecule has 1 aliphatic rings. The van der Waals surface area contributed by atoms with Crippen LogP contribution in [0.4, 0.5) is 9.57 Å². The molecule has 0 saturated carbocycles. The number of amides is 1. The number of esters is 1. The van der Waals surface area contributed by atoms with Gasteiger partial charge in [-0.1, -0.05) is 11.6 Å². The van der Waals surface area contributed by atoms with Gasteiger partial charge in [-0.3, -0.25) is 4.79 Å². The Morgan fingerprint density at radius 3 is 2.62 bits per heavy atom. The fourth-order valence-electron chi connectivity index (χ4n) is 2.08. The van der Waals surface area contributed by atoms with Crippen LogP contribution in [-0.2, 0) is 19.8 Å². The molecule has 0 bridgehead atoms. The molecule has 1 atom stereocenters. The van der Waals surface area contributed by atoms with E-state index in [0.29, 0.717) is 0 Å². The predicted molar refractivity (Wildman–Crippen MR) is 73.6 cm³/mol. The zero-order valence-electron chi connectivity index (χ0n) is 10.9. The van der Waals surface area contributed by atoms with E-state index in [1.165, 1.54) is 25.3 Å². The Labute approximate surface area is 125 Å². The summed E-state index contributed by atoms with van der Waals surface area (Å²) in [5.74, 6) is -1.21. The van der Waals surface area contributed by atoms with Crippen molar-refractivity contribution in [2.75, 3.05) is 18.6 Å². The first-order chi connectivity index (χ1) is 9.72. The average Bonchev–Trinajstić information content (AvgIpc) is 2.79. The Morgan fingerprint density at radius 1 is 1.43 bits per heavy atom. The Bertz CT molecular complexity index is 706. The van der Waals surface area contributed by atoms with Gasteiger partial charge in [-0.05, 0) is 18.2 Å². The minimum absolute atomic E-state index is 0.111. The summed E-state index contributed by atoms with van der Waals surface area (Å²) in [5, 5.41) is -1.24. The predicted octanol–water partition coefficient (Wildman–Crippen LogP) is 1.53. The van der Waals surface area contributed by atoms with E-state index in [1.807, 2.05) is 0 Å². The number of methoxy groups -OCH3 is 1. The van der Waals surface area contributed by atoms with E-state index in [0.717, 1.165) is 4.90 Å². The minimum atomic E-state index is -4.80. The van der Waals surface area contributed by atoms with Crippen LogP contribution < -0.4 is 4.90 Å². The molecule has 1 unspecified atom stereocenters. The van der Waals surface area contributed by atoms with Crippen LogP contribution in [0.15, 0.2) is 18.2 Å². The lowest BCUT2D eigenvalue weighted by atomic mass is 10.2. The first-order valence-electron chi connectivity index (χ1n) is 5.85. The summed E-state index contributed by atoms with van der Waals surface area (Å²) in [6.45, 7) is -0.321. The highest BCUT2D eigenvalue weighted by Gasteiger charge is 2.39. The highest BCUT2D eigenvalue weighted by Crippen LogP contribution is 2.29. The minimum Gasteiger partial charge on any atom is -0.465 e. The van der Waals surface area contributed by atoms with E-state index in [1.54, 1.807) is 0 Å². The first kappa shape index (κ1) is 15.7. The summed E-state index contributed by atoms with van der Waals surface area (Å²) in [7, 11) is -3.61. The zero-order valence-corrected chi connectivity index (χ0v) is 12.4. The summed E-state index contributed by atoms with van der Waals surface area (Å²) in [4.78, 5) is 24.4. The highest BCUT2D eigenvalue weighted by molar-refractivity contribution is 7.87. The second kappa shape index (κ2) is 5.61. The molecule has 9 heteroatoms. The van der Waals surface area contributed by atoms with Crippen molar-refractivity contribution in [2.45, 2.75) is 11.7 Å². The van der Waals surface area contributed by atoms with Gasteiger partial charge in [0.05, 0.1) is 12.7 Å². The molecular formula is C12H11ClFNO5S. The van der Waals surface area contributed by atoms with Crippen molar-refractivity contribution in [1.82, 2.24) is 0 Å². The van der Waals surface area contributed by atoms with E-state index in [-0.39, 0.29) is 22.8 Å². The van der Waals surface area contributed by atoms with Crippen LogP contribution in [-0.4, -0.2) is 39.2 Å². The molecule has 0 spiro atoms. The molecule has 21 heavy (non-hydrogen) atoms. The van der Waals surface area contributed by atoms with Crippen molar-refractivity contribution in [3.8, 4) is 0 Å². The number of ether oxygens (including phenoxy) is 1. The molecule has 1 aliphatic heterocycles. The monoisotopic (exact) mass is 335 g/mol. The number of carbonyl (C=O) groups excluding carboxylic acids is 2. The van der Waals surface area contributed by atoms with E-state index in [4.69, 9.17) is 11.6 Å². The molecule has 1 saturated heterocycles. The van der Waals surface area contributed by atoms with Crippen molar-refractivity contribution in [3.05, 3.63) is 28.8 Å². The Kier molecular flexibility index (Phi) is 4.20. The second-order valence-corrected chi connectivity index (χ2v) is 6.55. The van der Waals surface area contributed by atoms with Crippen molar-refractivity contribution in [2.24, 2.45) is 0 Å². The quantitative estimate of drug-likeness (QED) is 0.618. The van der Waals surface area contributed by atoms with E-state index < -0.39 is 33.8 Å². The molecule has 6 nitrogen and oxygen atoms in total. The largest absolute Gasteiger partial charge is 0.465 e. The zero-order chi connectivity index (χ0) is 15.8. The highest BCUT2D eigenvalue weighted by atomic mass is 35.5. The third-order valence-corrected chi connectivity index (χ3v) is 4.43. The van der Waals surface area contributed by atoms with Crippen LogP contribution >= 0.6 is 11.6 Å². The van der Waals surface area contributed by atoms with Crippen molar-refractivity contribution >= 4 is 39.4 Å². The average molecular weight is 336 g/mol. The maximum atomic E-state index is 13.0. The lowest BCUT2D eigenvalue weighted by molar-refractivity contribution is -0.117. The molecule has 1 fully saturated rings. The van der Waals surface area contributed by atoms with Gasteiger partial charge in [-0.25, -0.2) is 4.79 Å². The van der Waals surface area contributed by atoms with Gasteiger partial charge in [0.2, 0.25) is 5.91 Å². The molecule has 0 aliphatic carbocycles. The SMILES string of the molecule is COC(=O)c1cc(Cl)cc(N2CC(S(=O)(=O)F)CC2=O)c1. The van der Waals surface area contributed by atoms with Crippen LogP contribution in [0.1, 0.15) is 16.8 Å². The van der Waals surface area contributed by atoms with Crippen molar-refractivity contribution in [1.29, 1.82) is 0 Å². The van der Waals surface area contributed by atoms with Crippen molar-refractivity contribution < 1.29 is 26.6 Å². The smallest absolute Gasteiger partial charge is 0.337 e. The number of rotatable bonds is 3. The lowest BCUT2D eigenvalue weighted by Gasteiger charge is -2.17. The van der Waals surface area contributed by atoms with Crippen LogP contribution in [0, 0.1) is 0 Å². The fraction of sp³-hybridized carbons (Fsp3) is 0.333. The summed E-state index contributed by atoms with van der Waals surface area (Å²) in [6, 6.07) is 4.07. The molecule has 0 N–H and O–H groups in total. The van der Waals surface area contributed by atoms with Gasteiger partial charge in [0.15, 0.2) is 0 Å². The van der Waals surface area contributed by atoms with E-state index in [2.05, 4.69) is 4.74 Å². The van der Waals surface area contributed by atoms with Gasteiger partial charge in [-0.2, -0.15) is 8.42 Å².